The highest BCUT2D eigenvalue weighted by atomic mass is 16.6. The van der Waals surface area contributed by atoms with Gasteiger partial charge in [0.2, 0.25) is 0 Å². The lowest BCUT2D eigenvalue weighted by molar-refractivity contribution is -0.167. The van der Waals surface area contributed by atoms with Crippen molar-refractivity contribution in [3.63, 3.8) is 0 Å². The van der Waals surface area contributed by atoms with Crippen molar-refractivity contribution in [2.24, 2.45) is 0 Å². The van der Waals surface area contributed by atoms with E-state index < -0.39 is 6.10 Å². The molecule has 0 aromatic heterocycles. The minimum absolute atomic E-state index is 0.0738. The quantitative estimate of drug-likeness (QED) is 0.0261. The Hall–Kier alpha value is -3.41. The lowest BCUT2D eigenvalue weighted by atomic mass is 10.0. The normalized spacial score (nSPS) is 12.6. The van der Waals surface area contributed by atoms with Gasteiger partial charge in [-0.1, -0.05) is 331 Å². The molecule has 0 amide bonds. The Morgan fingerprint density at radius 3 is 0.756 bits per heavy atom. The van der Waals surface area contributed by atoms with Gasteiger partial charge in [-0.25, -0.2) is 0 Å². The van der Waals surface area contributed by atoms with Crippen LogP contribution in [0.1, 0.15) is 361 Å². The summed E-state index contributed by atoms with van der Waals surface area (Å²) in [6, 6.07) is 0. The van der Waals surface area contributed by atoms with E-state index in [1.54, 1.807) is 0 Å². The fraction of sp³-hybridized carbons (Fsp3) is 0.776. The van der Waals surface area contributed by atoms with Gasteiger partial charge in [0.1, 0.15) is 13.2 Å². The number of unbranched alkanes of at least 4 members (excludes halogenated alkanes) is 40. The summed E-state index contributed by atoms with van der Waals surface area (Å²) in [4.78, 5) is 38.4. The molecule has 0 aliphatic rings. The van der Waals surface area contributed by atoms with E-state index >= 15 is 0 Å². The molecule has 6 heteroatoms. The molecule has 474 valence electrons. The van der Waals surface area contributed by atoms with Crippen LogP contribution in [0.15, 0.2) is 85.1 Å². The zero-order valence-corrected chi connectivity index (χ0v) is 54.5. The van der Waals surface area contributed by atoms with Crippen LogP contribution in [0.5, 0.6) is 0 Å². The maximum Gasteiger partial charge on any atom is 0.306 e. The molecule has 6 nitrogen and oxygen atoms in total. The molecule has 0 aliphatic heterocycles. The monoisotopic (exact) mass is 1140 g/mol. The van der Waals surface area contributed by atoms with Gasteiger partial charge in [-0.05, 0) is 96.3 Å². The van der Waals surface area contributed by atoms with E-state index in [1.165, 1.54) is 218 Å². The predicted molar refractivity (Wildman–Crippen MR) is 358 cm³/mol. The molecule has 82 heavy (non-hydrogen) atoms. The molecular formula is C76H134O6. The van der Waals surface area contributed by atoms with Crippen molar-refractivity contribution in [3.05, 3.63) is 85.1 Å². The van der Waals surface area contributed by atoms with Crippen LogP contribution in [-0.2, 0) is 28.6 Å². The van der Waals surface area contributed by atoms with Crippen LogP contribution in [0.3, 0.4) is 0 Å². The van der Waals surface area contributed by atoms with Crippen LogP contribution >= 0.6 is 0 Å². The van der Waals surface area contributed by atoms with E-state index in [4.69, 9.17) is 14.2 Å². The zero-order valence-electron chi connectivity index (χ0n) is 54.5. The van der Waals surface area contributed by atoms with Gasteiger partial charge in [0.15, 0.2) is 6.10 Å². The van der Waals surface area contributed by atoms with E-state index in [0.717, 1.165) is 103 Å². The fourth-order valence-electron chi connectivity index (χ4n) is 10.3. The third-order valence-electron chi connectivity index (χ3n) is 15.6. The predicted octanol–water partition coefficient (Wildman–Crippen LogP) is 24.6. The topological polar surface area (TPSA) is 78.9 Å². The summed E-state index contributed by atoms with van der Waals surface area (Å²) in [7, 11) is 0. The van der Waals surface area contributed by atoms with Gasteiger partial charge in [-0.15, -0.1) is 0 Å². The van der Waals surface area contributed by atoms with Crippen LogP contribution in [0.4, 0.5) is 0 Å². The molecule has 0 radical (unpaired) electrons. The Morgan fingerprint density at radius 2 is 0.476 bits per heavy atom. The number of hydrogen-bond donors (Lipinski definition) is 0. The van der Waals surface area contributed by atoms with Crippen molar-refractivity contribution in [1.82, 2.24) is 0 Å². The second-order valence-electron chi connectivity index (χ2n) is 23.8. The van der Waals surface area contributed by atoms with Crippen LogP contribution < -0.4 is 0 Å². The van der Waals surface area contributed by atoms with Gasteiger partial charge in [0.05, 0.1) is 0 Å². The molecule has 0 saturated heterocycles. The smallest absolute Gasteiger partial charge is 0.306 e. The van der Waals surface area contributed by atoms with E-state index in [0.29, 0.717) is 19.3 Å². The number of ether oxygens (including phenoxy) is 3. The van der Waals surface area contributed by atoms with Gasteiger partial charge >= 0.3 is 17.9 Å². The molecule has 0 aromatic rings. The summed E-state index contributed by atoms with van der Waals surface area (Å²) >= 11 is 0. The number of carbonyl (C=O) groups is 3. The first-order chi connectivity index (χ1) is 40.5. The van der Waals surface area contributed by atoms with Crippen molar-refractivity contribution in [2.45, 2.75) is 367 Å². The summed E-state index contributed by atoms with van der Waals surface area (Å²) in [6.07, 6.45) is 93.3. The molecule has 0 bridgehead atoms. The minimum atomic E-state index is -0.778. The lowest BCUT2D eigenvalue weighted by Gasteiger charge is -2.18. The maximum absolute atomic E-state index is 12.9. The average molecular weight is 1140 g/mol. The number of esters is 3. The molecule has 0 saturated carbocycles. The van der Waals surface area contributed by atoms with E-state index in [1.807, 2.05) is 0 Å². The summed E-state index contributed by atoms with van der Waals surface area (Å²) < 4.78 is 17.0. The second-order valence-corrected chi connectivity index (χ2v) is 23.8. The molecule has 0 aromatic carbocycles. The van der Waals surface area contributed by atoms with Crippen LogP contribution in [0.2, 0.25) is 0 Å². The second kappa shape index (κ2) is 70.1. The summed E-state index contributed by atoms with van der Waals surface area (Å²) in [5, 5.41) is 0. The highest BCUT2D eigenvalue weighted by molar-refractivity contribution is 5.71. The van der Waals surface area contributed by atoms with Crippen LogP contribution in [-0.4, -0.2) is 37.2 Å². The largest absolute Gasteiger partial charge is 0.462 e. The fourth-order valence-corrected chi connectivity index (χ4v) is 10.3. The highest BCUT2D eigenvalue weighted by Gasteiger charge is 2.19. The number of rotatable bonds is 65. The standard InChI is InChI=1S/C76H134O6/c1-4-7-10-13-16-19-22-25-27-29-31-32-33-34-35-36-37-38-39-40-41-42-43-44-45-47-48-51-54-57-60-63-66-69-75(78)81-72-73(71-80-74(77)68-65-62-59-56-53-50-24-21-18-15-12-9-6-3)82-76(79)70-67-64-61-58-55-52-49-46-30-28-26-23-20-17-14-11-8-5-2/h7,10,16,19-20,23,25,27-28,30-32,34-35,73H,4-6,8-9,11-15,17-18,21-22,24,26,29,33,36-72H2,1-3H3/b10-7-,19-16-,23-20-,27-25-,30-28-,32-31-,35-34-. The summed E-state index contributed by atoms with van der Waals surface area (Å²) in [5.41, 5.74) is 0. The molecule has 0 spiro atoms. The third-order valence-corrected chi connectivity index (χ3v) is 15.6. The Balaban J connectivity index is 4.17. The summed E-state index contributed by atoms with van der Waals surface area (Å²) in [5.74, 6) is -0.861. The first-order valence-electron chi connectivity index (χ1n) is 35.6. The molecule has 0 rings (SSSR count). The average Bonchev–Trinajstić information content (AvgIpc) is 3.47. The van der Waals surface area contributed by atoms with E-state index in [2.05, 4.69) is 106 Å². The lowest BCUT2D eigenvalue weighted by Crippen LogP contribution is -2.30. The zero-order chi connectivity index (χ0) is 59.2. The van der Waals surface area contributed by atoms with Gasteiger partial charge in [0.25, 0.3) is 0 Å². The molecular weight excluding hydrogens is 1010 g/mol. The van der Waals surface area contributed by atoms with Gasteiger partial charge in [-0.2, -0.15) is 0 Å². The molecule has 1 atom stereocenters. The molecule has 0 N–H and O–H groups in total. The SMILES string of the molecule is CC/C=C\C/C=C\C/C=C\C/C=C\C/C=C\CCCCCCCCCCCCCCCCCCCC(=O)OCC(COC(=O)CCCCCCCCCCCCCCC)OC(=O)CCCCCCCCC/C=C\C/C=C\CCCCCC. The molecule has 0 aliphatic carbocycles. The summed E-state index contributed by atoms with van der Waals surface area (Å²) in [6.45, 7) is 6.55. The Morgan fingerprint density at radius 1 is 0.256 bits per heavy atom. The van der Waals surface area contributed by atoms with Gasteiger partial charge in [-0.3, -0.25) is 14.4 Å². The minimum Gasteiger partial charge on any atom is -0.462 e. The first kappa shape index (κ1) is 78.6. The number of hydrogen-bond acceptors (Lipinski definition) is 6. The Bertz CT molecular complexity index is 1550. The Kier molecular flexibility index (Phi) is 67.2. The molecule has 0 heterocycles. The maximum atomic E-state index is 12.9. The van der Waals surface area contributed by atoms with Crippen LogP contribution in [0, 0.1) is 0 Å². The Labute approximate surface area is 509 Å². The first-order valence-corrected chi connectivity index (χ1v) is 35.6. The van der Waals surface area contributed by atoms with Gasteiger partial charge < -0.3 is 14.2 Å². The van der Waals surface area contributed by atoms with Crippen molar-refractivity contribution in [2.75, 3.05) is 13.2 Å². The van der Waals surface area contributed by atoms with Crippen molar-refractivity contribution in [1.29, 1.82) is 0 Å². The third kappa shape index (κ3) is 67.4. The van der Waals surface area contributed by atoms with Crippen molar-refractivity contribution in [3.8, 4) is 0 Å². The molecule has 1 unspecified atom stereocenters. The van der Waals surface area contributed by atoms with E-state index in [9.17, 15) is 14.4 Å². The molecule has 0 fully saturated rings. The van der Waals surface area contributed by atoms with Crippen LogP contribution in [0.25, 0.3) is 0 Å². The number of carbonyl (C=O) groups excluding carboxylic acids is 3. The van der Waals surface area contributed by atoms with E-state index in [-0.39, 0.29) is 31.1 Å². The van der Waals surface area contributed by atoms with Crippen molar-refractivity contribution < 1.29 is 28.6 Å². The van der Waals surface area contributed by atoms with Crippen molar-refractivity contribution >= 4 is 17.9 Å². The van der Waals surface area contributed by atoms with Gasteiger partial charge in [0, 0.05) is 19.3 Å². The number of allylic oxidation sites excluding steroid dienone is 14. The highest BCUT2D eigenvalue weighted by Crippen LogP contribution is 2.18.